The summed E-state index contributed by atoms with van der Waals surface area (Å²) in [6.45, 7) is 0.903. The fourth-order valence-corrected chi connectivity index (χ4v) is 4.62. The van der Waals surface area contributed by atoms with Crippen LogP contribution in [0.2, 0.25) is 0 Å². The highest BCUT2D eigenvalue weighted by Gasteiger charge is 2.50. The van der Waals surface area contributed by atoms with Crippen LogP contribution < -0.4 is 5.32 Å². The van der Waals surface area contributed by atoms with Gasteiger partial charge in [-0.25, -0.2) is 0 Å². The van der Waals surface area contributed by atoms with Gasteiger partial charge in [-0.05, 0) is 37.2 Å². The first kappa shape index (κ1) is 10.8. The lowest BCUT2D eigenvalue weighted by molar-refractivity contribution is -0.139. The number of piperazine rings is 1. The minimum Gasteiger partial charge on any atom is -0.364 e. The molecule has 0 aromatic carbocycles. The molecule has 0 radical (unpaired) electrons. The molecule has 0 saturated carbocycles. The van der Waals surface area contributed by atoms with Crippen molar-refractivity contribution in [3.05, 3.63) is 0 Å². The van der Waals surface area contributed by atoms with Gasteiger partial charge in [0, 0.05) is 6.54 Å². The molecular weight excluding hydrogens is 240 g/mol. The summed E-state index contributed by atoms with van der Waals surface area (Å²) in [4.78, 5) is 15.5. The number of hydrogen-bond acceptors (Lipinski definition) is 3. The van der Waals surface area contributed by atoms with Crippen LogP contribution in [0.15, 0.2) is 0 Å². The Balaban J connectivity index is 1.90. The highest BCUT2D eigenvalue weighted by molar-refractivity contribution is 7.99. The molecule has 0 aromatic heterocycles. The minimum absolute atomic E-state index is 0.197. The molecule has 3 heterocycles. The minimum atomic E-state index is -0.344. The van der Waals surface area contributed by atoms with Crippen molar-refractivity contribution in [2.45, 2.75) is 37.3 Å². The zero-order valence-corrected chi connectivity index (χ0v) is 10.8. The highest BCUT2D eigenvalue weighted by Crippen LogP contribution is 2.35. The lowest BCUT2D eigenvalue weighted by Gasteiger charge is -2.46. The van der Waals surface area contributed by atoms with Gasteiger partial charge in [-0.2, -0.15) is 11.8 Å². The quantitative estimate of drug-likeness (QED) is 0.660. The first-order chi connectivity index (χ1) is 7.73. The molecule has 16 heavy (non-hydrogen) atoms. The number of thioether (sulfide) groups is 1. The van der Waals surface area contributed by atoms with E-state index in [4.69, 9.17) is 12.2 Å². The molecule has 3 rings (SSSR count). The van der Waals surface area contributed by atoms with Crippen LogP contribution in [0.4, 0.5) is 0 Å². The molecule has 88 valence electrons. The van der Waals surface area contributed by atoms with Gasteiger partial charge in [-0.1, -0.05) is 12.2 Å². The molecule has 5 heteroatoms. The summed E-state index contributed by atoms with van der Waals surface area (Å²) < 4.78 is 0. The van der Waals surface area contributed by atoms with Gasteiger partial charge in [-0.3, -0.25) is 4.79 Å². The molecule has 3 nitrogen and oxygen atoms in total. The van der Waals surface area contributed by atoms with Crippen LogP contribution in [-0.4, -0.2) is 45.4 Å². The van der Waals surface area contributed by atoms with E-state index in [1.165, 1.54) is 0 Å². The Bertz CT molecular complexity index is 339. The zero-order valence-electron chi connectivity index (χ0n) is 9.20. The molecular formula is C11H16N2OS2. The van der Waals surface area contributed by atoms with Crippen molar-refractivity contribution in [1.29, 1.82) is 0 Å². The Labute approximate surface area is 105 Å². The molecule has 0 aromatic rings. The van der Waals surface area contributed by atoms with E-state index in [2.05, 4.69) is 5.32 Å². The lowest BCUT2D eigenvalue weighted by atomic mass is 9.87. The Morgan fingerprint density at radius 3 is 2.94 bits per heavy atom. The second-order valence-electron chi connectivity index (χ2n) is 4.84. The molecule has 0 bridgehead atoms. The number of fused-ring (bicyclic) bond motifs is 1. The van der Waals surface area contributed by atoms with E-state index in [0.717, 1.165) is 48.7 Å². The number of nitrogens with zero attached hydrogens (tertiary/aromatic N) is 1. The van der Waals surface area contributed by atoms with Gasteiger partial charge in [0.1, 0.15) is 5.54 Å². The molecule has 0 unspecified atom stereocenters. The maximum absolute atomic E-state index is 12.5. The van der Waals surface area contributed by atoms with E-state index in [-0.39, 0.29) is 11.6 Å². The van der Waals surface area contributed by atoms with Crippen molar-refractivity contribution < 1.29 is 4.79 Å². The Morgan fingerprint density at radius 2 is 2.19 bits per heavy atom. The average Bonchev–Trinajstić information content (AvgIpc) is 2.77. The second-order valence-corrected chi connectivity index (χ2v) is 6.50. The molecule has 3 aliphatic rings. The Morgan fingerprint density at radius 1 is 1.44 bits per heavy atom. The average molecular weight is 256 g/mol. The zero-order chi connectivity index (χ0) is 11.2. The molecule has 1 N–H and O–H groups in total. The maximum atomic E-state index is 12.5. The summed E-state index contributed by atoms with van der Waals surface area (Å²) in [6, 6.07) is 0.197. The summed E-state index contributed by atoms with van der Waals surface area (Å²) in [5, 5.41) is 3.38. The van der Waals surface area contributed by atoms with Crippen molar-refractivity contribution in [1.82, 2.24) is 10.2 Å². The SMILES string of the molecule is O=C1N2CCC[C@@H]2C(=S)NC12CCSCC2. The van der Waals surface area contributed by atoms with Crippen molar-refractivity contribution in [2.75, 3.05) is 18.1 Å². The summed E-state index contributed by atoms with van der Waals surface area (Å²) in [5.41, 5.74) is -0.344. The number of hydrogen-bond donors (Lipinski definition) is 1. The van der Waals surface area contributed by atoms with Gasteiger partial charge in [-0.15, -0.1) is 0 Å². The topological polar surface area (TPSA) is 32.3 Å². The van der Waals surface area contributed by atoms with E-state index >= 15 is 0 Å². The number of carbonyl (C=O) groups excluding carboxylic acids is 1. The van der Waals surface area contributed by atoms with Gasteiger partial charge in [0.05, 0.1) is 11.0 Å². The first-order valence-electron chi connectivity index (χ1n) is 5.94. The van der Waals surface area contributed by atoms with Gasteiger partial charge < -0.3 is 10.2 Å². The molecule has 3 aliphatic heterocycles. The van der Waals surface area contributed by atoms with Gasteiger partial charge >= 0.3 is 0 Å². The predicted octanol–water partition coefficient (Wildman–Crippen LogP) is 1.17. The maximum Gasteiger partial charge on any atom is 0.248 e. The number of nitrogens with one attached hydrogen (secondary N) is 1. The van der Waals surface area contributed by atoms with E-state index < -0.39 is 0 Å². The normalized spacial score (nSPS) is 32.8. The fraction of sp³-hybridized carbons (Fsp3) is 0.818. The van der Waals surface area contributed by atoms with Gasteiger partial charge in [0.15, 0.2) is 0 Å². The predicted molar refractivity (Wildman–Crippen MR) is 69.8 cm³/mol. The van der Waals surface area contributed by atoms with Crippen LogP contribution >= 0.6 is 24.0 Å². The van der Waals surface area contributed by atoms with Gasteiger partial charge in [0.25, 0.3) is 0 Å². The number of thiocarbonyl (C=S) groups is 1. The van der Waals surface area contributed by atoms with Crippen molar-refractivity contribution >= 4 is 34.9 Å². The van der Waals surface area contributed by atoms with Crippen LogP contribution in [0.5, 0.6) is 0 Å². The monoisotopic (exact) mass is 256 g/mol. The van der Waals surface area contributed by atoms with Crippen LogP contribution in [0, 0.1) is 0 Å². The summed E-state index contributed by atoms with van der Waals surface area (Å²) in [7, 11) is 0. The summed E-state index contributed by atoms with van der Waals surface area (Å²) >= 11 is 7.38. The van der Waals surface area contributed by atoms with Crippen LogP contribution in [0.25, 0.3) is 0 Å². The number of rotatable bonds is 0. The highest BCUT2D eigenvalue weighted by atomic mass is 32.2. The van der Waals surface area contributed by atoms with Crippen molar-refractivity contribution in [2.24, 2.45) is 0 Å². The fourth-order valence-electron chi connectivity index (χ4n) is 2.99. The third-order valence-electron chi connectivity index (χ3n) is 3.93. The van der Waals surface area contributed by atoms with E-state index in [1.54, 1.807) is 0 Å². The van der Waals surface area contributed by atoms with E-state index in [9.17, 15) is 4.79 Å². The number of carbonyl (C=O) groups is 1. The number of amides is 1. The van der Waals surface area contributed by atoms with E-state index in [0.29, 0.717) is 5.91 Å². The molecule has 0 aliphatic carbocycles. The van der Waals surface area contributed by atoms with Crippen LogP contribution in [0.1, 0.15) is 25.7 Å². The standard InChI is InChI=1S/C11H16N2OS2/c14-10-11(3-6-16-7-4-11)12-9(15)8-2-1-5-13(8)10/h8H,1-7H2,(H,12,15)/t8-/m1/s1. The molecule has 3 fully saturated rings. The Kier molecular flexibility index (Phi) is 2.63. The van der Waals surface area contributed by atoms with Crippen LogP contribution in [-0.2, 0) is 4.79 Å². The van der Waals surface area contributed by atoms with Crippen LogP contribution in [0.3, 0.4) is 0 Å². The summed E-state index contributed by atoms with van der Waals surface area (Å²) in [5.74, 6) is 2.45. The molecule has 1 atom stereocenters. The summed E-state index contributed by atoms with van der Waals surface area (Å²) in [6.07, 6.45) is 4.01. The Hall–Kier alpha value is -0.290. The largest absolute Gasteiger partial charge is 0.364 e. The first-order valence-corrected chi connectivity index (χ1v) is 7.50. The van der Waals surface area contributed by atoms with Crippen molar-refractivity contribution in [3.63, 3.8) is 0 Å². The van der Waals surface area contributed by atoms with E-state index in [1.807, 2.05) is 16.7 Å². The lowest BCUT2D eigenvalue weighted by Crippen LogP contribution is -2.69. The smallest absolute Gasteiger partial charge is 0.248 e. The molecule has 1 amide bonds. The molecule has 1 spiro atoms. The second kappa shape index (κ2) is 3.88. The van der Waals surface area contributed by atoms with Crippen molar-refractivity contribution in [3.8, 4) is 0 Å². The third-order valence-corrected chi connectivity index (χ3v) is 5.29. The molecule has 3 saturated heterocycles. The van der Waals surface area contributed by atoms with Gasteiger partial charge in [0.2, 0.25) is 5.91 Å². The third kappa shape index (κ3) is 1.48.